The zero-order valence-electron chi connectivity index (χ0n) is 5.34. The lowest BCUT2D eigenvalue weighted by Gasteiger charge is -1.99. The first-order chi connectivity index (χ1) is 4.13. The van der Waals surface area contributed by atoms with Crippen LogP contribution in [0.1, 0.15) is 6.92 Å². The minimum absolute atomic E-state index is 0.391. The van der Waals surface area contributed by atoms with Crippen LogP contribution in [0, 0.1) is 0 Å². The van der Waals surface area contributed by atoms with Gasteiger partial charge in [-0.15, -0.1) is 0 Å². The summed E-state index contributed by atoms with van der Waals surface area (Å²) in [5, 5.41) is 0. The van der Waals surface area contributed by atoms with E-state index in [0.717, 1.165) is 0 Å². The van der Waals surface area contributed by atoms with Crippen LogP contribution in [0.2, 0.25) is 0 Å². The first kappa shape index (κ1) is 6.01. The molecule has 9 heavy (non-hydrogen) atoms. The van der Waals surface area contributed by atoms with Crippen molar-refractivity contribution in [2.45, 2.75) is 6.92 Å². The first-order valence-corrected chi connectivity index (χ1v) is 2.63. The Hall–Kier alpha value is -1.12. The van der Waals surface area contributed by atoms with Crippen molar-refractivity contribution in [2.75, 3.05) is 7.05 Å². The molecule has 0 spiro atoms. The Kier molecular flexibility index (Phi) is 1.12. The van der Waals surface area contributed by atoms with Crippen LogP contribution in [0.25, 0.3) is 0 Å². The molecular weight excluding hydrogens is 118 g/mol. The monoisotopic (exact) mass is 125 g/mol. The van der Waals surface area contributed by atoms with Crippen LogP contribution < -0.4 is 0 Å². The summed E-state index contributed by atoms with van der Waals surface area (Å²) in [5.41, 5.74) is 0.516. The Morgan fingerprint density at radius 1 is 1.44 bits per heavy atom. The highest BCUT2D eigenvalue weighted by atomic mass is 16.2. The molecule has 1 amide bonds. The van der Waals surface area contributed by atoms with Gasteiger partial charge in [-0.05, 0) is 6.92 Å². The molecular formula is C6H7NO2. The topological polar surface area (TPSA) is 37.4 Å². The summed E-state index contributed by atoms with van der Waals surface area (Å²) in [6, 6.07) is 0. The molecule has 0 radical (unpaired) electrons. The average molecular weight is 125 g/mol. The highest BCUT2D eigenvalue weighted by Gasteiger charge is 2.25. The summed E-state index contributed by atoms with van der Waals surface area (Å²) < 4.78 is 0. The molecule has 0 aromatic heterocycles. The standard InChI is InChI=1S/C6H7NO2/c1-4-3-7(2)6(9)5(4)8/h3H,1-2H3. The van der Waals surface area contributed by atoms with Crippen LogP contribution in [0.4, 0.5) is 0 Å². The fraction of sp³-hybridized carbons (Fsp3) is 0.333. The lowest BCUT2D eigenvalue weighted by Crippen LogP contribution is -2.21. The largest absolute Gasteiger partial charge is 0.315 e. The number of ketones is 1. The van der Waals surface area contributed by atoms with Crippen molar-refractivity contribution in [3.8, 4) is 0 Å². The Labute approximate surface area is 53.0 Å². The van der Waals surface area contributed by atoms with Gasteiger partial charge in [-0.2, -0.15) is 0 Å². The van der Waals surface area contributed by atoms with Gasteiger partial charge < -0.3 is 4.90 Å². The SMILES string of the molecule is CC1=CN(C)C(=O)C1=O. The third kappa shape index (κ3) is 0.740. The van der Waals surface area contributed by atoms with Crippen molar-refractivity contribution in [1.82, 2.24) is 4.90 Å². The molecule has 0 fully saturated rings. The molecule has 1 aliphatic heterocycles. The van der Waals surface area contributed by atoms with Gasteiger partial charge in [0.15, 0.2) is 0 Å². The van der Waals surface area contributed by atoms with Gasteiger partial charge in [0.1, 0.15) is 0 Å². The van der Waals surface area contributed by atoms with Crippen molar-refractivity contribution >= 4 is 11.7 Å². The highest BCUT2D eigenvalue weighted by molar-refractivity contribution is 6.44. The van der Waals surface area contributed by atoms with Gasteiger partial charge in [0, 0.05) is 18.8 Å². The van der Waals surface area contributed by atoms with Gasteiger partial charge in [-0.25, -0.2) is 0 Å². The fourth-order valence-corrected chi connectivity index (χ4v) is 0.737. The van der Waals surface area contributed by atoms with Crippen LogP contribution in [0.3, 0.4) is 0 Å². The number of carbonyl (C=O) groups is 2. The molecule has 0 unspecified atom stereocenters. The van der Waals surface area contributed by atoms with E-state index in [4.69, 9.17) is 0 Å². The van der Waals surface area contributed by atoms with Gasteiger partial charge in [-0.3, -0.25) is 9.59 Å². The molecule has 3 nitrogen and oxygen atoms in total. The van der Waals surface area contributed by atoms with E-state index in [2.05, 4.69) is 0 Å². The second-order valence-corrected chi connectivity index (χ2v) is 2.06. The first-order valence-electron chi connectivity index (χ1n) is 2.63. The lowest BCUT2D eigenvalue weighted by molar-refractivity contribution is -0.138. The van der Waals surface area contributed by atoms with Crippen LogP contribution in [-0.2, 0) is 9.59 Å². The van der Waals surface area contributed by atoms with E-state index in [1.807, 2.05) is 0 Å². The molecule has 3 heteroatoms. The Morgan fingerprint density at radius 2 is 2.00 bits per heavy atom. The van der Waals surface area contributed by atoms with Gasteiger partial charge in [0.2, 0.25) is 5.78 Å². The molecule has 1 heterocycles. The fourth-order valence-electron chi connectivity index (χ4n) is 0.737. The summed E-state index contributed by atoms with van der Waals surface area (Å²) in [6.07, 6.45) is 1.53. The lowest BCUT2D eigenvalue weighted by atomic mass is 10.2. The number of Topliss-reactive ketones (excluding diaryl/α,β-unsaturated/α-hetero) is 1. The van der Waals surface area contributed by atoms with Gasteiger partial charge >= 0.3 is 0 Å². The molecule has 0 bridgehead atoms. The average Bonchev–Trinajstić information content (AvgIpc) is 1.98. The summed E-state index contributed by atoms with van der Waals surface area (Å²) in [6.45, 7) is 1.63. The summed E-state index contributed by atoms with van der Waals surface area (Å²) >= 11 is 0. The molecule has 0 aromatic rings. The van der Waals surface area contributed by atoms with Gasteiger partial charge in [0.05, 0.1) is 0 Å². The number of carbonyl (C=O) groups excluding carboxylic acids is 2. The third-order valence-corrected chi connectivity index (χ3v) is 1.26. The Balaban J connectivity index is 2.95. The van der Waals surface area contributed by atoms with E-state index in [1.54, 1.807) is 14.0 Å². The summed E-state index contributed by atoms with van der Waals surface area (Å²) in [7, 11) is 1.57. The minimum atomic E-state index is -0.437. The normalized spacial score (nSPS) is 18.9. The van der Waals surface area contributed by atoms with Crippen LogP contribution in [0.15, 0.2) is 11.8 Å². The summed E-state index contributed by atoms with van der Waals surface area (Å²) in [5.74, 6) is -0.829. The molecule has 1 aliphatic rings. The Morgan fingerprint density at radius 3 is 2.11 bits per heavy atom. The van der Waals surface area contributed by atoms with Crippen molar-refractivity contribution in [3.63, 3.8) is 0 Å². The van der Waals surface area contributed by atoms with E-state index in [1.165, 1.54) is 11.1 Å². The van der Waals surface area contributed by atoms with Gasteiger partial charge in [0.25, 0.3) is 5.91 Å². The molecule has 1 rings (SSSR count). The number of amides is 1. The molecule has 0 saturated carbocycles. The zero-order valence-corrected chi connectivity index (χ0v) is 5.34. The predicted octanol–water partition coefficient (Wildman–Crippen LogP) is -0.0687. The smallest absolute Gasteiger partial charge is 0.298 e. The second kappa shape index (κ2) is 1.69. The maximum Gasteiger partial charge on any atom is 0.298 e. The molecule has 0 saturated heterocycles. The van der Waals surface area contributed by atoms with E-state index in [0.29, 0.717) is 5.57 Å². The Bertz CT molecular complexity index is 205. The van der Waals surface area contributed by atoms with Crippen LogP contribution >= 0.6 is 0 Å². The maximum atomic E-state index is 10.7. The number of nitrogens with zero attached hydrogens (tertiary/aromatic N) is 1. The molecule has 0 N–H and O–H groups in total. The second-order valence-electron chi connectivity index (χ2n) is 2.06. The minimum Gasteiger partial charge on any atom is -0.315 e. The number of hydrogen-bond donors (Lipinski definition) is 0. The van der Waals surface area contributed by atoms with Crippen molar-refractivity contribution in [3.05, 3.63) is 11.8 Å². The van der Waals surface area contributed by atoms with Gasteiger partial charge in [-0.1, -0.05) is 0 Å². The quantitative estimate of drug-likeness (QED) is 0.425. The summed E-state index contributed by atoms with van der Waals surface area (Å²) in [4.78, 5) is 22.6. The molecule has 0 aromatic carbocycles. The van der Waals surface area contributed by atoms with E-state index in [-0.39, 0.29) is 0 Å². The van der Waals surface area contributed by atoms with Crippen LogP contribution in [-0.4, -0.2) is 23.6 Å². The predicted molar refractivity (Wildman–Crippen MR) is 31.5 cm³/mol. The number of likely N-dealkylation sites (N-methyl/N-ethyl adjacent to an activating group) is 1. The van der Waals surface area contributed by atoms with E-state index >= 15 is 0 Å². The third-order valence-electron chi connectivity index (χ3n) is 1.26. The van der Waals surface area contributed by atoms with E-state index < -0.39 is 11.7 Å². The maximum absolute atomic E-state index is 10.7. The van der Waals surface area contributed by atoms with Crippen molar-refractivity contribution in [2.24, 2.45) is 0 Å². The van der Waals surface area contributed by atoms with Crippen LogP contribution in [0.5, 0.6) is 0 Å². The van der Waals surface area contributed by atoms with E-state index in [9.17, 15) is 9.59 Å². The van der Waals surface area contributed by atoms with Crippen molar-refractivity contribution < 1.29 is 9.59 Å². The highest BCUT2D eigenvalue weighted by Crippen LogP contribution is 2.07. The molecule has 0 aliphatic carbocycles. The number of hydrogen-bond acceptors (Lipinski definition) is 2. The number of rotatable bonds is 0. The molecule has 0 atom stereocenters. The zero-order chi connectivity index (χ0) is 7.02. The molecule has 48 valence electrons. The van der Waals surface area contributed by atoms with Crippen molar-refractivity contribution in [1.29, 1.82) is 0 Å².